The molecule has 23 heavy (non-hydrogen) atoms. The van der Waals surface area contributed by atoms with Crippen molar-refractivity contribution >= 4 is 17.2 Å². The molecule has 0 saturated carbocycles. The number of likely N-dealkylation sites (tertiary alicyclic amines) is 1. The Balaban J connectivity index is 1.63. The number of piperidine rings is 1. The molecule has 0 bridgehead atoms. The number of hydrogen-bond acceptors (Lipinski definition) is 5. The van der Waals surface area contributed by atoms with Gasteiger partial charge in [-0.3, -0.25) is 4.79 Å². The molecule has 0 radical (unpaired) electrons. The van der Waals surface area contributed by atoms with Crippen LogP contribution < -0.4 is 5.73 Å². The van der Waals surface area contributed by atoms with Gasteiger partial charge in [-0.2, -0.15) is 0 Å². The number of nitrogens with zero attached hydrogens (tertiary/aromatic N) is 2. The number of aryl methyl sites for hydroxylation is 1. The lowest BCUT2D eigenvalue weighted by Gasteiger charge is -2.34. The Bertz CT molecular complexity index is 677. The minimum absolute atomic E-state index is 0.138. The van der Waals surface area contributed by atoms with Crippen molar-refractivity contribution in [3.05, 3.63) is 29.0 Å². The summed E-state index contributed by atoms with van der Waals surface area (Å²) in [7, 11) is 0. The highest BCUT2D eigenvalue weighted by molar-refractivity contribution is 7.13. The summed E-state index contributed by atoms with van der Waals surface area (Å²) in [6.07, 6.45) is 2.49. The number of thiazole rings is 1. The van der Waals surface area contributed by atoms with E-state index in [1.165, 1.54) is 11.3 Å². The van der Waals surface area contributed by atoms with Crippen LogP contribution in [0.15, 0.2) is 21.9 Å². The number of furan rings is 1. The summed E-state index contributed by atoms with van der Waals surface area (Å²) in [6, 6.07) is 3.97. The van der Waals surface area contributed by atoms with Gasteiger partial charge in [-0.1, -0.05) is 0 Å². The molecule has 124 valence electrons. The molecule has 0 spiro atoms. The number of carbonyl (C=O) groups excluding carboxylic acids is 1. The minimum Gasteiger partial charge on any atom is -0.459 e. The predicted molar refractivity (Wildman–Crippen MR) is 91.2 cm³/mol. The lowest BCUT2D eigenvalue weighted by Crippen LogP contribution is -2.45. The Labute approximate surface area is 140 Å². The molecule has 2 aromatic rings. The first-order valence-corrected chi connectivity index (χ1v) is 8.95. The summed E-state index contributed by atoms with van der Waals surface area (Å²) in [5, 5.41) is 2.77. The first kappa shape index (κ1) is 16.2. The van der Waals surface area contributed by atoms with Crippen molar-refractivity contribution in [2.24, 2.45) is 11.7 Å². The molecule has 3 heterocycles. The number of amides is 1. The van der Waals surface area contributed by atoms with Crippen LogP contribution >= 0.6 is 11.3 Å². The van der Waals surface area contributed by atoms with E-state index in [2.05, 4.69) is 4.98 Å². The van der Waals surface area contributed by atoms with Crippen LogP contribution in [0.1, 0.15) is 31.2 Å². The predicted octanol–water partition coefficient (Wildman–Crippen LogP) is 2.84. The highest BCUT2D eigenvalue weighted by Crippen LogP contribution is 2.26. The molecular formula is C17H23N3O2S. The molecule has 0 aromatic carbocycles. The summed E-state index contributed by atoms with van der Waals surface area (Å²) in [5.41, 5.74) is 6.80. The molecule has 3 rings (SSSR count). The second kappa shape index (κ2) is 6.84. The Morgan fingerprint density at radius 3 is 3.09 bits per heavy atom. The van der Waals surface area contributed by atoms with Gasteiger partial charge in [-0.05, 0) is 44.7 Å². The van der Waals surface area contributed by atoms with Crippen LogP contribution in [-0.4, -0.2) is 34.9 Å². The van der Waals surface area contributed by atoms with E-state index in [1.54, 1.807) is 0 Å². The van der Waals surface area contributed by atoms with Gasteiger partial charge in [0.25, 0.3) is 0 Å². The van der Waals surface area contributed by atoms with E-state index < -0.39 is 0 Å². The third kappa shape index (κ3) is 3.82. The molecule has 1 saturated heterocycles. The van der Waals surface area contributed by atoms with E-state index in [0.717, 1.165) is 48.2 Å². The number of carbonyl (C=O) groups is 1. The molecule has 1 aliphatic rings. The second-order valence-corrected chi connectivity index (χ2v) is 7.19. The van der Waals surface area contributed by atoms with Gasteiger partial charge in [-0.15, -0.1) is 11.3 Å². The van der Waals surface area contributed by atoms with Gasteiger partial charge in [0.2, 0.25) is 5.91 Å². The Morgan fingerprint density at radius 2 is 2.39 bits per heavy atom. The van der Waals surface area contributed by atoms with Crippen LogP contribution in [0.5, 0.6) is 0 Å². The fourth-order valence-corrected chi connectivity index (χ4v) is 3.76. The van der Waals surface area contributed by atoms with E-state index in [0.29, 0.717) is 12.3 Å². The largest absolute Gasteiger partial charge is 0.459 e. The average molecular weight is 333 g/mol. The van der Waals surface area contributed by atoms with Crippen LogP contribution in [0.4, 0.5) is 0 Å². The summed E-state index contributed by atoms with van der Waals surface area (Å²) < 4.78 is 5.58. The molecule has 2 unspecified atom stereocenters. The maximum atomic E-state index is 12.5. The van der Waals surface area contributed by atoms with Gasteiger partial charge < -0.3 is 15.1 Å². The van der Waals surface area contributed by atoms with E-state index in [-0.39, 0.29) is 11.9 Å². The van der Waals surface area contributed by atoms with E-state index in [9.17, 15) is 4.79 Å². The summed E-state index contributed by atoms with van der Waals surface area (Å²) in [4.78, 5) is 19.0. The molecular weight excluding hydrogens is 310 g/mol. The minimum atomic E-state index is 0.138. The van der Waals surface area contributed by atoms with Gasteiger partial charge in [0.15, 0.2) is 10.8 Å². The maximum Gasteiger partial charge on any atom is 0.228 e. The summed E-state index contributed by atoms with van der Waals surface area (Å²) in [6.45, 7) is 5.53. The van der Waals surface area contributed by atoms with E-state index in [4.69, 9.17) is 10.2 Å². The zero-order chi connectivity index (χ0) is 16.4. The average Bonchev–Trinajstić information content (AvgIpc) is 3.16. The van der Waals surface area contributed by atoms with Crippen LogP contribution in [0.3, 0.4) is 0 Å². The van der Waals surface area contributed by atoms with Crippen molar-refractivity contribution in [2.75, 3.05) is 13.1 Å². The summed E-state index contributed by atoms with van der Waals surface area (Å²) in [5.74, 6) is 2.18. The highest BCUT2D eigenvalue weighted by atomic mass is 32.1. The van der Waals surface area contributed by atoms with Gasteiger partial charge in [0.05, 0.1) is 12.1 Å². The van der Waals surface area contributed by atoms with Crippen molar-refractivity contribution < 1.29 is 9.21 Å². The Hall–Kier alpha value is -1.66. The number of nitrogens with two attached hydrogens (primary N) is 1. The molecule has 2 atom stereocenters. The lowest BCUT2D eigenvalue weighted by molar-refractivity contribution is -0.132. The Kier molecular flexibility index (Phi) is 4.82. The van der Waals surface area contributed by atoms with E-state index >= 15 is 0 Å². The number of rotatable bonds is 4. The van der Waals surface area contributed by atoms with Crippen molar-refractivity contribution in [3.63, 3.8) is 0 Å². The van der Waals surface area contributed by atoms with Crippen LogP contribution in [0.2, 0.25) is 0 Å². The monoisotopic (exact) mass is 333 g/mol. The SMILES string of the molecule is Cc1ccc(-c2nc(CC(=O)N3CCCC(C(C)N)C3)cs2)o1. The van der Waals surface area contributed by atoms with Crippen molar-refractivity contribution in [1.82, 2.24) is 9.88 Å². The van der Waals surface area contributed by atoms with Crippen LogP contribution in [0, 0.1) is 12.8 Å². The first-order chi connectivity index (χ1) is 11.0. The quantitative estimate of drug-likeness (QED) is 0.934. The van der Waals surface area contributed by atoms with Crippen molar-refractivity contribution in [1.29, 1.82) is 0 Å². The number of aromatic nitrogens is 1. The lowest BCUT2D eigenvalue weighted by atomic mass is 9.92. The molecule has 2 N–H and O–H groups in total. The number of hydrogen-bond donors (Lipinski definition) is 1. The van der Waals surface area contributed by atoms with Gasteiger partial charge in [-0.25, -0.2) is 4.98 Å². The highest BCUT2D eigenvalue weighted by Gasteiger charge is 2.26. The third-order valence-corrected chi connectivity index (χ3v) is 5.30. The van der Waals surface area contributed by atoms with Crippen molar-refractivity contribution in [3.8, 4) is 10.8 Å². The smallest absolute Gasteiger partial charge is 0.228 e. The fourth-order valence-electron chi connectivity index (χ4n) is 2.98. The third-order valence-electron chi connectivity index (χ3n) is 4.39. The summed E-state index contributed by atoms with van der Waals surface area (Å²) >= 11 is 1.51. The molecule has 1 amide bonds. The van der Waals surface area contributed by atoms with Crippen molar-refractivity contribution in [2.45, 2.75) is 39.2 Å². The topological polar surface area (TPSA) is 72.4 Å². The maximum absolute atomic E-state index is 12.5. The van der Waals surface area contributed by atoms with Gasteiger partial charge in [0, 0.05) is 24.5 Å². The van der Waals surface area contributed by atoms with Crippen LogP contribution in [0.25, 0.3) is 10.8 Å². The standard InChI is InChI=1S/C17H23N3O2S/c1-11-5-6-15(22-11)17-19-14(10-23-17)8-16(21)20-7-3-4-13(9-20)12(2)18/h5-6,10,12-13H,3-4,7-9,18H2,1-2H3. The Morgan fingerprint density at radius 1 is 1.57 bits per heavy atom. The fraction of sp³-hybridized carbons (Fsp3) is 0.529. The normalized spacial score (nSPS) is 19.8. The molecule has 2 aromatic heterocycles. The molecule has 6 heteroatoms. The molecule has 1 fully saturated rings. The van der Waals surface area contributed by atoms with Gasteiger partial charge in [0.1, 0.15) is 5.76 Å². The molecule has 1 aliphatic heterocycles. The molecule has 0 aliphatic carbocycles. The van der Waals surface area contributed by atoms with Gasteiger partial charge >= 0.3 is 0 Å². The zero-order valence-corrected chi connectivity index (χ0v) is 14.4. The van der Waals surface area contributed by atoms with E-state index in [1.807, 2.05) is 36.3 Å². The zero-order valence-electron chi connectivity index (χ0n) is 13.6. The van der Waals surface area contributed by atoms with Crippen LogP contribution in [-0.2, 0) is 11.2 Å². The second-order valence-electron chi connectivity index (χ2n) is 6.33. The molecule has 5 nitrogen and oxygen atoms in total. The first-order valence-electron chi connectivity index (χ1n) is 8.07.